The minimum absolute atomic E-state index is 0.0636. The molecule has 5 aromatic rings. The molecule has 2 aliphatic carbocycles. The van der Waals surface area contributed by atoms with Gasteiger partial charge in [-0.3, -0.25) is 0 Å². The molecule has 0 unspecified atom stereocenters. The lowest BCUT2D eigenvalue weighted by Crippen LogP contribution is -2.16. The smallest absolute Gasteiger partial charge is 0.0165 e. The van der Waals surface area contributed by atoms with Gasteiger partial charge in [-0.05, 0) is 84.6 Å². The summed E-state index contributed by atoms with van der Waals surface area (Å²) in [6, 6.07) is 31.5. The molecule has 0 bridgehead atoms. The Kier molecular flexibility index (Phi) is 4.05. The molecule has 0 amide bonds. The van der Waals surface area contributed by atoms with E-state index in [9.17, 15) is 0 Å². The summed E-state index contributed by atoms with van der Waals surface area (Å²) >= 11 is 0. The summed E-state index contributed by atoms with van der Waals surface area (Å²) in [6.07, 6.45) is 9.94. The second-order valence-corrected chi connectivity index (χ2v) is 10.1. The Bertz CT molecular complexity index is 1690. The molecule has 0 heteroatoms. The molecule has 0 atom stereocenters. The van der Waals surface area contributed by atoms with E-state index in [1.165, 1.54) is 66.1 Å². The van der Waals surface area contributed by atoms with Crippen molar-refractivity contribution in [2.75, 3.05) is 0 Å². The molecule has 0 aliphatic heterocycles. The van der Waals surface area contributed by atoms with Crippen LogP contribution in [0.5, 0.6) is 0 Å². The van der Waals surface area contributed by atoms with Gasteiger partial charge in [0.2, 0.25) is 0 Å². The molecule has 0 N–H and O–H groups in total. The molecule has 0 radical (unpaired) electrons. The average Bonchev–Trinajstić information content (AvgIpc) is 3.01. The molecule has 5 aromatic carbocycles. The molecule has 2 aliphatic rings. The standard InChI is InChI=1S/C34H26/c1-34(2)31-21-25(24-17-16-22-10-6-7-11-23(22)20-24)18-19-30(31)32-28-14-5-3-4-12-26(28)27-13-8-9-15-29(27)33(32)34/h3-13,15-21H,14H2,1-2H3. The van der Waals surface area contributed by atoms with Gasteiger partial charge in [-0.2, -0.15) is 0 Å². The highest BCUT2D eigenvalue weighted by molar-refractivity contribution is 6.04. The largest absolute Gasteiger partial charge is 0.0801 e. The fourth-order valence-corrected chi connectivity index (χ4v) is 6.25. The summed E-state index contributed by atoms with van der Waals surface area (Å²) in [4.78, 5) is 0. The van der Waals surface area contributed by atoms with Crippen molar-refractivity contribution >= 4 is 27.6 Å². The lowest BCUT2D eigenvalue weighted by molar-refractivity contribution is 0.666. The average molecular weight is 435 g/mol. The lowest BCUT2D eigenvalue weighted by Gasteiger charge is -2.25. The number of hydrogen-bond acceptors (Lipinski definition) is 0. The predicted octanol–water partition coefficient (Wildman–Crippen LogP) is 9.09. The maximum atomic E-state index is 2.45. The van der Waals surface area contributed by atoms with Gasteiger partial charge >= 0.3 is 0 Å². The Balaban J connectivity index is 1.50. The van der Waals surface area contributed by atoms with Gasteiger partial charge in [0, 0.05) is 5.41 Å². The molecular weight excluding hydrogens is 408 g/mol. The van der Waals surface area contributed by atoms with E-state index in [-0.39, 0.29) is 5.41 Å². The van der Waals surface area contributed by atoms with Crippen molar-refractivity contribution in [2.24, 2.45) is 0 Å². The van der Waals surface area contributed by atoms with E-state index in [0.29, 0.717) is 0 Å². The second kappa shape index (κ2) is 7.05. The summed E-state index contributed by atoms with van der Waals surface area (Å²) in [5.74, 6) is 0. The minimum Gasteiger partial charge on any atom is -0.0801 e. The van der Waals surface area contributed by atoms with Crippen LogP contribution in [0, 0.1) is 0 Å². The normalized spacial score (nSPS) is 15.2. The van der Waals surface area contributed by atoms with Crippen LogP contribution in [0.4, 0.5) is 0 Å². The lowest BCUT2D eigenvalue weighted by atomic mass is 9.78. The van der Waals surface area contributed by atoms with Gasteiger partial charge in [0.25, 0.3) is 0 Å². The highest BCUT2D eigenvalue weighted by atomic mass is 14.4. The summed E-state index contributed by atoms with van der Waals surface area (Å²) < 4.78 is 0. The molecule has 0 aromatic heterocycles. The van der Waals surface area contributed by atoms with Gasteiger partial charge in [-0.1, -0.05) is 111 Å². The second-order valence-electron chi connectivity index (χ2n) is 10.1. The number of allylic oxidation sites excluding steroid dienone is 3. The van der Waals surface area contributed by atoms with Gasteiger partial charge < -0.3 is 0 Å². The minimum atomic E-state index is -0.0636. The fourth-order valence-electron chi connectivity index (χ4n) is 6.25. The first kappa shape index (κ1) is 19.6. The number of benzene rings is 5. The Labute approximate surface area is 200 Å². The topological polar surface area (TPSA) is 0 Å². The molecule has 0 spiro atoms. The zero-order valence-corrected chi connectivity index (χ0v) is 19.6. The first-order valence-electron chi connectivity index (χ1n) is 12.2. The van der Waals surface area contributed by atoms with Crippen LogP contribution < -0.4 is 0 Å². The number of hydrogen-bond donors (Lipinski definition) is 0. The quantitative estimate of drug-likeness (QED) is 0.247. The fraction of sp³-hybridized carbons (Fsp3) is 0.118. The van der Waals surface area contributed by atoms with Gasteiger partial charge in [-0.15, -0.1) is 0 Å². The van der Waals surface area contributed by atoms with E-state index in [2.05, 4.69) is 123 Å². The van der Waals surface area contributed by atoms with Crippen molar-refractivity contribution in [1.29, 1.82) is 0 Å². The summed E-state index contributed by atoms with van der Waals surface area (Å²) in [6.45, 7) is 4.81. The van der Waals surface area contributed by atoms with Crippen molar-refractivity contribution in [3.05, 3.63) is 125 Å². The third-order valence-corrected chi connectivity index (χ3v) is 7.87. The first-order valence-corrected chi connectivity index (χ1v) is 12.2. The molecule has 0 saturated carbocycles. The van der Waals surface area contributed by atoms with E-state index in [1.807, 2.05) is 0 Å². The molecule has 162 valence electrons. The van der Waals surface area contributed by atoms with E-state index in [4.69, 9.17) is 0 Å². The van der Waals surface area contributed by atoms with Crippen molar-refractivity contribution in [1.82, 2.24) is 0 Å². The molecule has 7 rings (SSSR count). The van der Waals surface area contributed by atoms with Gasteiger partial charge in [0.15, 0.2) is 0 Å². The monoisotopic (exact) mass is 434 g/mol. The molecule has 0 nitrogen and oxygen atoms in total. The molecular formula is C34H26. The molecule has 0 heterocycles. The zero-order chi connectivity index (χ0) is 22.9. The van der Waals surface area contributed by atoms with Crippen LogP contribution in [0.1, 0.15) is 36.1 Å². The Morgan fingerprint density at radius 3 is 2.29 bits per heavy atom. The maximum absolute atomic E-state index is 2.45. The van der Waals surface area contributed by atoms with Crippen LogP contribution >= 0.6 is 0 Å². The van der Waals surface area contributed by atoms with Crippen LogP contribution in [0.15, 0.2) is 103 Å². The zero-order valence-electron chi connectivity index (χ0n) is 19.6. The third-order valence-electron chi connectivity index (χ3n) is 7.87. The van der Waals surface area contributed by atoms with E-state index >= 15 is 0 Å². The number of rotatable bonds is 1. The highest BCUT2D eigenvalue weighted by Crippen LogP contribution is 2.55. The third kappa shape index (κ3) is 2.66. The van der Waals surface area contributed by atoms with E-state index in [0.717, 1.165) is 6.42 Å². The SMILES string of the molecule is CC1(C)c2cc(-c3ccc4ccccc4c3)ccc2-c2c3c(c4ccccc4c21)C=CC=CC3. The van der Waals surface area contributed by atoms with Crippen LogP contribution in [0.2, 0.25) is 0 Å². The van der Waals surface area contributed by atoms with Crippen LogP contribution in [-0.4, -0.2) is 0 Å². The van der Waals surface area contributed by atoms with Crippen LogP contribution in [0.25, 0.3) is 49.9 Å². The summed E-state index contributed by atoms with van der Waals surface area (Å²) in [7, 11) is 0. The number of fused-ring (bicyclic) bond motifs is 9. The van der Waals surface area contributed by atoms with Gasteiger partial charge in [0.1, 0.15) is 0 Å². The molecule has 0 saturated heterocycles. The summed E-state index contributed by atoms with van der Waals surface area (Å²) in [5.41, 5.74) is 11.1. The van der Waals surface area contributed by atoms with E-state index in [1.54, 1.807) is 0 Å². The highest BCUT2D eigenvalue weighted by Gasteiger charge is 2.39. The Hall–Kier alpha value is -3.90. The van der Waals surface area contributed by atoms with Crippen LogP contribution in [-0.2, 0) is 11.8 Å². The molecule has 34 heavy (non-hydrogen) atoms. The van der Waals surface area contributed by atoms with Crippen molar-refractivity contribution < 1.29 is 0 Å². The van der Waals surface area contributed by atoms with Crippen molar-refractivity contribution in [2.45, 2.75) is 25.7 Å². The predicted molar refractivity (Wildman–Crippen MR) is 146 cm³/mol. The summed E-state index contributed by atoms with van der Waals surface area (Å²) in [5, 5.41) is 5.33. The first-order chi connectivity index (χ1) is 16.6. The maximum Gasteiger partial charge on any atom is 0.0165 e. The van der Waals surface area contributed by atoms with Gasteiger partial charge in [-0.25, -0.2) is 0 Å². The van der Waals surface area contributed by atoms with Crippen LogP contribution in [0.3, 0.4) is 0 Å². The van der Waals surface area contributed by atoms with Gasteiger partial charge in [0.05, 0.1) is 0 Å². The van der Waals surface area contributed by atoms with Crippen molar-refractivity contribution in [3.8, 4) is 22.3 Å². The molecule has 0 fully saturated rings. The Morgan fingerprint density at radius 1 is 0.676 bits per heavy atom. The van der Waals surface area contributed by atoms with Crippen molar-refractivity contribution in [3.63, 3.8) is 0 Å². The Morgan fingerprint density at radius 2 is 1.41 bits per heavy atom. The van der Waals surface area contributed by atoms with E-state index < -0.39 is 0 Å².